The van der Waals surface area contributed by atoms with Gasteiger partial charge in [-0.2, -0.15) is 0 Å². The van der Waals surface area contributed by atoms with Gasteiger partial charge in [0.25, 0.3) is 0 Å². The largest absolute Gasteiger partial charge is 0.373 e. The van der Waals surface area contributed by atoms with E-state index in [2.05, 4.69) is 11.1 Å². The third-order valence-electron chi connectivity index (χ3n) is 5.57. The van der Waals surface area contributed by atoms with Crippen LogP contribution in [0.25, 0.3) is 0 Å². The van der Waals surface area contributed by atoms with Gasteiger partial charge in [-0.05, 0) is 24.5 Å². The van der Waals surface area contributed by atoms with E-state index in [9.17, 15) is 13.6 Å². The van der Waals surface area contributed by atoms with Crippen LogP contribution in [0.1, 0.15) is 36.8 Å². The number of likely N-dealkylation sites (tertiary alicyclic amines) is 1. The fraction of sp³-hybridized carbons (Fsp3) is 0.684. The minimum absolute atomic E-state index is 0.0783. The van der Waals surface area contributed by atoms with Crippen LogP contribution < -0.4 is 0 Å². The number of amides is 1. The molecule has 0 radical (unpaired) electrons. The van der Waals surface area contributed by atoms with Crippen molar-refractivity contribution in [2.75, 3.05) is 19.7 Å². The van der Waals surface area contributed by atoms with Crippen LogP contribution in [0.2, 0.25) is 0 Å². The van der Waals surface area contributed by atoms with Gasteiger partial charge >= 0.3 is 0 Å². The van der Waals surface area contributed by atoms with Crippen molar-refractivity contribution in [3.8, 4) is 0 Å². The first-order valence-corrected chi connectivity index (χ1v) is 9.17. The van der Waals surface area contributed by atoms with Gasteiger partial charge in [-0.1, -0.05) is 6.07 Å². The second-order valence-corrected chi connectivity index (χ2v) is 7.98. The summed E-state index contributed by atoms with van der Waals surface area (Å²) >= 11 is 0. The Bertz CT molecular complexity index is 683. The standard InChI is InChI=1S/C19H24F2N2O3/c1-13-4-14(9-22-8-13)10-25-16-2-3-26-18(7-16)11-23(12-18)17(24)15-5-19(20,21)6-15/h4,8-9,15-16H,2-3,5-7,10-12H2,1H3. The maximum atomic E-state index is 13.0. The predicted octanol–water partition coefficient (Wildman–Crippen LogP) is 2.71. The number of pyridine rings is 1. The number of ether oxygens (including phenoxy) is 2. The maximum absolute atomic E-state index is 13.0. The molecular formula is C19H24F2N2O3. The molecule has 1 unspecified atom stereocenters. The monoisotopic (exact) mass is 366 g/mol. The summed E-state index contributed by atoms with van der Waals surface area (Å²) in [5.74, 6) is -3.33. The summed E-state index contributed by atoms with van der Waals surface area (Å²) in [6.45, 7) is 4.08. The fourth-order valence-electron chi connectivity index (χ4n) is 4.16. The summed E-state index contributed by atoms with van der Waals surface area (Å²) in [5, 5.41) is 0. The molecule has 7 heteroatoms. The Kier molecular flexibility index (Phi) is 4.47. The molecule has 0 N–H and O–H groups in total. The zero-order chi connectivity index (χ0) is 18.4. The van der Waals surface area contributed by atoms with E-state index >= 15 is 0 Å². The van der Waals surface area contributed by atoms with E-state index < -0.39 is 11.8 Å². The van der Waals surface area contributed by atoms with Crippen LogP contribution in [-0.2, 0) is 20.9 Å². The predicted molar refractivity (Wildman–Crippen MR) is 89.7 cm³/mol. The zero-order valence-corrected chi connectivity index (χ0v) is 14.9. The number of hydrogen-bond acceptors (Lipinski definition) is 4. The second kappa shape index (κ2) is 6.53. The molecule has 1 aromatic heterocycles. The van der Waals surface area contributed by atoms with Gasteiger partial charge in [0, 0.05) is 44.2 Å². The summed E-state index contributed by atoms with van der Waals surface area (Å²) in [6, 6.07) is 2.06. The van der Waals surface area contributed by atoms with E-state index in [4.69, 9.17) is 9.47 Å². The Morgan fingerprint density at radius 2 is 2.12 bits per heavy atom. The molecule has 1 atom stereocenters. The molecule has 0 bridgehead atoms. The van der Waals surface area contributed by atoms with Crippen molar-refractivity contribution in [2.45, 2.75) is 56.8 Å². The number of alkyl halides is 2. The molecule has 2 aliphatic heterocycles. The molecule has 2 saturated heterocycles. The number of carbonyl (C=O) groups is 1. The molecule has 3 aliphatic rings. The zero-order valence-electron chi connectivity index (χ0n) is 14.9. The summed E-state index contributed by atoms with van der Waals surface area (Å²) < 4.78 is 37.9. The van der Waals surface area contributed by atoms with Gasteiger partial charge in [0.1, 0.15) is 5.60 Å². The quantitative estimate of drug-likeness (QED) is 0.822. The van der Waals surface area contributed by atoms with Gasteiger partial charge in [0.15, 0.2) is 0 Å². The number of aryl methyl sites for hydroxylation is 1. The van der Waals surface area contributed by atoms with Crippen LogP contribution in [-0.4, -0.2) is 53.1 Å². The number of hydrogen-bond donors (Lipinski definition) is 0. The molecule has 5 nitrogen and oxygen atoms in total. The molecule has 4 rings (SSSR count). The lowest BCUT2D eigenvalue weighted by Crippen LogP contribution is -2.68. The van der Waals surface area contributed by atoms with Crippen LogP contribution in [0.15, 0.2) is 18.5 Å². The van der Waals surface area contributed by atoms with Crippen LogP contribution in [0.3, 0.4) is 0 Å². The Morgan fingerprint density at radius 1 is 1.35 bits per heavy atom. The highest BCUT2D eigenvalue weighted by atomic mass is 19.3. The first-order valence-electron chi connectivity index (χ1n) is 9.17. The Hall–Kier alpha value is -1.60. The van der Waals surface area contributed by atoms with Crippen molar-refractivity contribution in [3.05, 3.63) is 29.6 Å². The maximum Gasteiger partial charge on any atom is 0.249 e. The minimum Gasteiger partial charge on any atom is -0.373 e. The molecule has 1 aliphatic carbocycles. The van der Waals surface area contributed by atoms with Gasteiger partial charge in [-0.15, -0.1) is 0 Å². The molecule has 1 saturated carbocycles. The molecule has 3 heterocycles. The molecule has 3 fully saturated rings. The smallest absolute Gasteiger partial charge is 0.249 e. The number of halogens is 2. The van der Waals surface area contributed by atoms with Crippen molar-refractivity contribution < 1.29 is 23.0 Å². The Labute approximate surface area is 151 Å². The lowest BCUT2D eigenvalue weighted by molar-refractivity contribution is -0.211. The van der Waals surface area contributed by atoms with Crippen LogP contribution >= 0.6 is 0 Å². The lowest BCUT2D eigenvalue weighted by atomic mass is 9.77. The minimum atomic E-state index is -2.66. The van der Waals surface area contributed by atoms with E-state index in [0.717, 1.165) is 24.0 Å². The van der Waals surface area contributed by atoms with Crippen molar-refractivity contribution in [1.82, 2.24) is 9.88 Å². The Balaban J connectivity index is 1.26. The van der Waals surface area contributed by atoms with Crippen molar-refractivity contribution in [3.63, 3.8) is 0 Å². The van der Waals surface area contributed by atoms with Gasteiger partial charge < -0.3 is 14.4 Å². The molecule has 142 valence electrons. The fourth-order valence-corrected chi connectivity index (χ4v) is 4.16. The van der Waals surface area contributed by atoms with E-state index in [-0.39, 0.29) is 30.5 Å². The van der Waals surface area contributed by atoms with Crippen LogP contribution in [0.4, 0.5) is 8.78 Å². The molecule has 26 heavy (non-hydrogen) atoms. The summed E-state index contributed by atoms with van der Waals surface area (Å²) in [7, 11) is 0. The number of carbonyl (C=O) groups excluding carboxylic acids is 1. The van der Waals surface area contributed by atoms with Crippen molar-refractivity contribution in [2.24, 2.45) is 5.92 Å². The summed E-state index contributed by atoms with van der Waals surface area (Å²) in [6.07, 6.45) is 4.62. The summed E-state index contributed by atoms with van der Waals surface area (Å²) in [4.78, 5) is 18.1. The first kappa shape index (κ1) is 17.8. The highest BCUT2D eigenvalue weighted by Gasteiger charge is 2.55. The van der Waals surface area contributed by atoms with Gasteiger partial charge in [0.2, 0.25) is 11.8 Å². The number of rotatable bonds is 4. The number of aromatic nitrogens is 1. The van der Waals surface area contributed by atoms with Gasteiger partial charge in [0.05, 0.1) is 25.8 Å². The average Bonchev–Trinajstić information content (AvgIpc) is 2.55. The summed E-state index contributed by atoms with van der Waals surface area (Å²) in [5.41, 5.74) is 1.78. The molecular weight excluding hydrogens is 342 g/mol. The van der Waals surface area contributed by atoms with E-state index in [1.165, 1.54) is 0 Å². The van der Waals surface area contributed by atoms with Crippen molar-refractivity contribution >= 4 is 5.91 Å². The van der Waals surface area contributed by atoms with Crippen molar-refractivity contribution in [1.29, 1.82) is 0 Å². The second-order valence-electron chi connectivity index (χ2n) is 7.98. The van der Waals surface area contributed by atoms with E-state index in [0.29, 0.717) is 26.3 Å². The SMILES string of the molecule is Cc1cncc(COC2CCOC3(C2)CN(C(=O)C2CC(F)(F)C2)C3)c1. The highest BCUT2D eigenvalue weighted by Crippen LogP contribution is 2.45. The molecule has 1 spiro atoms. The normalized spacial score (nSPS) is 27.0. The van der Waals surface area contributed by atoms with E-state index in [1.807, 2.05) is 13.1 Å². The molecule has 0 aromatic carbocycles. The average molecular weight is 366 g/mol. The number of nitrogens with zero attached hydrogens (tertiary/aromatic N) is 2. The molecule has 1 amide bonds. The Morgan fingerprint density at radius 3 is 2.81 bits per heavy atom. The highest BCUT2D eigenvalue weighted by molar-refractivity contribution is 5.81. The third kappa shape index (κ3) is 3.60. The third-order valence-corrected chi connectivity index (χ3v) is 5.57. The van der Waals surface area contributed by atoms with Gasteiger partial charge in [-0.25, -0.2) is 8.78 Å². The topological polar surface area (TPSA) is 51.7 Å². The molecule has 1 aromatic rings. The van der Waals surface area contributed by atoms with Gasteiger partial charge in [-0.3, -0.25) is 9.78 Å². The lowest BCUT2D eigenvalue weighted by Gasteiger charge is -2.54. The van der Waals surface area contributed by atoms with Crippen LogP contribution in [0, 0.1) is 12.8 Å². The van der Waals surface area contributed by atoms with Crippen LogP contribution in [0.5, 0.6) is 0 Å². The first-order chi connectivity index (χ1) is 12.3. The van der Waals surface area contributed by atoms with E-state index in [1.54, 1.807) is 11.1 Å².